The molecular formula is C21H12BrClN2O3S. The minimum Gasteiger partial charge on any atom is -0.457 e. The number of hydrogen-bond acceptors (Lipinski definition) is 4. The predicted octanol–water partition coefficient (Wildman–Crippen LogP) is 5.19. The summed E-state index contributed by atoms with van der Waals surface area (Å²) in [6.07, 6.45) is 1.41. The largest absolute Gasteiger partial charge is 0.457 e. The molecule has 2 aromatic carbocycles. The zero-order chi connectivity index (χ0) is 20.5. The van der Waals surface area contributed by atoms with E-state index >= 15 is 0 Å². The summed E-state index contributed by atoms with van der Waals surface area (Å²) in [6, 6.07) is 17.7. The van der Waals surface area contributed by atoms with Crippen molar-refractivity contribution in [3.63, 3.8) is 0 Å². The third kappa shape index (κ3) is 4.03. The Morgan fingerprint density at radius 3 is 2.55 bits per heavy atom. The third-order valence-corrected chi connectivity index (χ3v) is 5.24. The highest BCUT2D eigenvalue weighted by molar-refractivity contribution is 9.10. The van der Waals surface area contributed by atoms with Crippen molar-refractivity contribution in [1.29, 1.82) is 0 Å². The van der Waals surface area contributed by atoms with Crippen LogP contribution in [0.1, 0.15) is 5.76 Å². The minimum atomic E-state index is -0.573. The van der Waals surface area contributed by atoms with Gasteiger partial charge in [0.2, 0.25) is 0 Å². The Bertz CT molecular complexity index is 1170. The average Bonchev–Trinajstić information content (AvgIpc) is 3.14. The van der Waals surface area contributed by atoms with Crippen LogP contribution in [0.2, 0.25) is 5.02 Å². The number of carbonyl (C=O) groups is 2. The van der Waals surface area contributed by atoms with Gasteiger partial charge in [-0.3, -0.25) is 19.8 Å². The molecule has 0 bridgehead atoms. The zero-order valence-corrected chi connectivity index (χ0v) is 17.8. The van der Waals surface area contributed by atoms with Crippen LogP contribution in [0.15, 0.2) is 75.1 Å². The van der Waals surface area contributed by atoms with E-state index in [1.807, 2.05) is 18.2 Å². The first kappa shape index (κ1) is 19.6. The summed E-state index contributed by atoms with van der Waals surface area (Å²) >= 11 is 14.5. The van der Waals surface area contributed by atoms with Crippen molar-refractivity contribution in [2.24, 2.45) is 0 Å². The number of amides is 2. The minimum absolute atomic E-state index is 0.0246. The van der Waals surface area contributed by atoms with Crippen molar-refractivity contribution in [2.45, 2.75) is 0 Å². The molecule has 3 aromatic rings. The van der Waals surface area contributed by atoms with Crippen molar-refractivity contribution in [2.75, 3.05) is 4.90 Å². The normalized spacial score (nSPS) is 15.7. The smallest absolute Gasteiger partial charge is 0.270 e. The third-order valence-electron chi connectivity index (χ3n) is 4.21. The van der Waals surface area contributed by atoms with E-state index in [4.69, 9.17) is 28.2 Å². The van der Waals surface area contributed by atoms with Crippen LogP contribution in [-0.2, 0) is 9.59 Å². The molecule has 1 aliphatic rings. The Hall–Kier alpha value is -2.74. The molecule has 1 saturated heterocycles. The Labute approximate surface area is 185 Å². The second kappa shape index (κ2) is 7.94. The highest BCUT2D eigenvalue weighted by Gasteiger charge is 2.34. The Morgan fingerprint density at radius 1 is 1.07 bits per heavy atom. The molecule has 8 heteroatoms. The van der Waals surface area contributed by atoms with Gasteiger partial charge in [0.1, 0.15) is 17.1 Å². The van der Waals surface area contributed by atoms with E-state index in [0.717, 1.165) is 10.0 Å². The van der Waals surface area contributed by atoms with Gasteiger partial charge in [0, 0.05) is 15.1 Å². The number of carbonyl (C=O) groups excluding carboxylic acids is 2. The van der Waals surface area contributed by atoms with Gasteiger partial charge in [-0.05, 0) is 72.9 Å². The Kier molecular flexibility index (Phi) is 5.36. The fourth-order valence-corrected chi connectivity index (χ4v) is 3.64. The first-order chi connectivity index (χ1) is 13.9. The average molecular weight is 488 g/mol. The zero-order valence-electron chi connectivity index (χ0n) is 14.7. The molecule has 1 aromatic heterocycles. The fourth-order valence-electron chi connectivity index (χ4n) is 2.85. The maximum atomic E-state index is 13.0. The van der Waals surface area contributed by atoms with Crippen LogP contribution < -0.4 is 10.2 Å². The van der Waals surface area contributed by atoms with E-state index in [1.165, 1.54) is 11.0 Å². The molecule has 0 atom stereocenters. The maximum Gasteiger partial charge on any atom is 0.270 e. The molecule has 1 N–H and O–H groups in total. The van der Waals surface area contributed by atoms with Gasteiger partial charge in [0.05, 0.1) is 5.69 Å². The molecule has 0 spiro atoms. The van der Waals surface area contributed by atoms with Crippen LogP contribution >= 0.6 is 39.7 Å². The van der Waals surface area contributed by atoms with Gasteiger partial charge in [0.15, 0.2) is 5.11 Å². The summed E-state index contributed by atoms with van der Waals surface area (Å²) in [5, 5.41) is 3.20. The molecule has 1 aliphatic heterocycles. The molecule has 0 aliphatic carbocycles. The Balaban J connectivity index is 1.67. The van der Waals surface area contributed by atoms with E-state index in [0.29, 0.717) is 22.2 Å². The number of nitrogens with zero attached hydrogens (tertiary/aromatic N) is 1. The number of hydrogen-bond donors (Lipinski definition) is 1. The lowest BCUT2D eigenvalue weighted by atomic mass is 10.1. The number of nitrogens with one attached hydrogen (secondary N) is 1. The van der Waals surface area contributed by atoms with Gasteiger partial charge in [0.25, 0.3) is 11.8 Å². The van der Waals surface area contributed by atoms with E-state index in [2.05, 4.69) is 21.2 Å². The standard InChI is InChI=1S/C21H12BrClN2O3S/c22-13-2-1-3-15(10-13)25-20(27)17(19(26)24-21(25)29)11-16-8-9-18(28-16)12-4-6-14(23)7-5-12/h1-11H,(H,24,26,29)/b17-11+. The molecule has 1 fully saturated rings. The molecule has 29 heavy (non-hydrogen) atoms. The van der Waals surface area contributed by atoms with Crippen LogP contribution in [0.4, 0.5) is 5.69 Å². The quantitative estimate of drug-likeness (QED) is 0.314. The van der Waals surface area contributed by atoms with E-state index in [-0.39, 0.29) is 10.7 Å². The second-order valence-electron chi connectivity index (χ2n) is 6.15. The lowest BCUT2D eigenvalue weighted by Gasteiger charge is -2.28. The first-order valence-corrected chi connectivity index (χ1v) is 10.0. The molecule has 4 rings (SSSR count). The van der Waals surface area contributed by atoms with Crippen molar-refractivity contribution < 1.29 is 14.0 Å². The number of rotatable bonds is 3. The van der Waals surface area contributed by atoms with Crippen molar-refractivity contribution in [1.82, 2.24) is 5.32 Å². The summed E-state index contributed by atoms with van der Waals surface area (Å²) in [7, 11) is 0. The van der Waals surface area contributed by atoms with Crippen LogP contribution in [-0.4, -0.2) is 16.9 Å². The van der Waals surface area contributed by atoms with Gasteiger partial charge in [-0.1, -0.05) is 33.6 Å². The van der Waals surface area contributed by atoms with Crippen LogP contribution in [0.25, 0.3) is 17.4 Å². The molecule has 0 unspecified atom stereocenters. The number of anilines is 1. The molecular weight excluding hydrogens is 476 g/mol. The molecule has 144 valence electrons. The number of thiocarbonyl (C=S) groups is 1. The summed E-state index contributed by atoms with van der Waals surface area (Å²) in [5.74, 6) is -0.135. The maximum absolute atomic E-state index is 13.0. The lowest BCUT2D eigenvalue weighted by Crippen LogP contribution is -2.54. The SMILES string of the molecule is O=C1NC(=S)N(c2cccc(Br)c2)C(=O)/C1=C/c1ccc(-c2ccc(Cl)cc2)o1. The predicted molar refractivity (Wildman–Crippen MR) is 119 cm³/mol. The van der Waals surface area contributed by atoms with Gasteiger partial charge in [-0.2, -0.15) is 0 Å². The molecule has 5 nitrogen and oxygen atoms in total. The van der Waals surface area contributed by atoms with E-state index in [9.17, 15) is 9.59 Å². The first-order valence-electron chi connectivity index (χ1n) is 8.45. The summed E-state index contributed by atoms with van der Waals surface area (Å²) in [4.78, 5) is 26.7. The van der Waals surface area contributed by atoms with Crippen LogP contribution in [0, 0.1) is 0 Å². The fraction of sp³-hybridized carbons (Fsp3) is 0. The van der Waals surface area contributed by atoms with Gasteiger partial charge >= 0.3 is 0 Å². The van der Waals surface area contributed by atoms with Crippen molar-refractivity contribution in [3.05, 3.63) is 81.5 Å². The molecule has 0 radical (unpaired) electrons. The molecule has 2 amide bonds. The van der Waals surface area contributed by atoms with Crippen LogP contribution in [0.3, 0.4) is 0 Å². The topological polar surface area (TPSA) is 62.6 Å². The lowest BCUT2D eigenvalue weighted by molar-refractivity contribution is -0.122. The molecule has 0 saturated carbocycles. The van der Waals surface area contributed by atoms with Gasteiger partial charge < -0.3 is 4.42 Å². The van der Waals surface area contributed by atoms with Crippen molar-refractivity contribution in [3.8, 4) is 11.3 Å². The Morgan fingerprint density at radius 2 is 1.83 bits per heavy atom. The number of halogens is 2. The summed E-state index contributed by atoms with van der Waals surface area (Å²) in [6.45, 7) is 0. The second-order valence-corrected chi connectivity index (χ2v) is 7.89. The van der Waals surface area contributed by atoms with Gasteiger partial charge in [-0.15, -0.1) is 0 Å². The van der Waals surface area contributed by atoms with E-state index < -0.39 is 11.8 Å². The molecule has 2 heterocycles. The van der Waals surface area contributed by atoms with Crippen LogP contribution in [0.5, 0.6) is 0 Å². The number of furan rings is 1. The number of benzene rings is 2. The summed E-state index contributed by atoms with van der Waals surface area (Å²) < 4.78 is 6.57. The van der Waals surface area contributed by atoms with E-state index in [1.54, 1.807) is 42.5 Å². The highest BCUT2D eigenvalue weighted by Crippen LogP contribution is 2.27. The summed E-state index contributed by atoms with van der Waals surface area (Å²) in [5.41, 5.74) is 1.30. The monoisotopic (exact) mass is 486 g/mol. The van der Waals surface area contributed by atoms with Gasteiger partial charge in [-0.25, -0.2) is 0 Å². The highest BCUT2D eigenvalue weighted by atomic mass is 79.9. The van der Waals surface area contributed by atoms with Crippen molar-refractivity contribution >= 4 is 68.4 Å².